The van der Waals surface area contributed by atoms with Gasteiger partial charge in [0, 0.05) is 24.5 Å². The molecule has 30 heavy (non-hydrogen) atoms. The number of fused-ring (bicyclic) bond motifs is 1. The summed E-state index contributed by atoms with van der Waals surface area (Å²) in [6.45, 7) is 6.00. The molecule has 1 amide bonds. The molecule has 0 aliphatic heterocycles. The SMILES string of the molecule is CC(C)C[C@@H](Nc1nc(Nc2cccc3c2cnn3C)c(C(N)=O)cc1F)[C@H](C)N. The molecule has 160 valence electrons. The number of hydrogen-bond acceptors (Lipinski definition) is 6. The molecule has 0 saturated carbocycles. The van der Waals surface area contributed by atoms with Gasteiger partial charge < -0.3 is 22.1 Å². The van der Waals surface area contributed by atoms with Crippen molar-refractivity contribution in [3.8, 4) is 0 Å². The monoisotopic (exact) mass is 413 g/mol. The Hall–Kier alpha value is -3.20. The topological polar surface area (TPSA) is 124 Å². The molecule has 9 heteroatoms. The number of hydrogen-bond donors (Lipinski definition) is 4. The van der Waals surface area contributed by atoms with Crippen LogP contribution in [0.3, 0.4) is 0 Å². The number of nitrogens with zero attached hydrogens (tertiary/aromatic N) is 3. The van der Waals surface area contributed by atoms with Crippen LogP contribution in [0.2, 0.25) is 0 Å². The minimum atomic E-state index is -0.778. The molecule has 0 spiro atoms. The summed E-state index contributed by atoms with van der Waals surface area (Å²) in [5, 5.41) is 11.3. The van der Waals surface area contributed by atoms with Gasteiger partial charge in [-0.2, -0.15) is 5.10 Å². The third kappa shape index (κ3) is 4.51. The van der Waals surface area contributed by atoms with Gasteiger partial charge in [-0.05, 0) is 37.5 Å². The predicted molar refractivity (Wildman–Crippen MR) is 117 cm³/mol. The summed E-state index contributed by atoms with van der Waals surface area (Å²) < 4.78 is 16.5. The second-order valence-electron chi connectivity index (χ2n) is 7.95. The van der Waals surface area contributed by atoms with Crippen LogP contribution in [0.5, 0.6) is 0 Å². The molecule has 2 heterocycles. The summed E-state index contributed by atoms with van der Waals surface area (Å²) in [4.78, 5) is 16.3. The smallest absolute Gasteiger partial charge is 0.252 e. The number of halogens is 1. The van der Waals surface area contributed by atoms with E-state index in [9.17, 15) is 9.18 Å². The zero-order valence-electron chi connectivity index (χ0n) is 17.6. The molecule has 0 unspecified atom stereocenters. The van der Waals surface area contributed by atoms with Crippen LogP contribution in [0.25, 0.3) is 10.9 Å². The molecule has 3 aromatic rings. The van der Waals surface area contributed by atoms with Crippen molar-refractivity contribution in [2.45, 2.75) is 39.3 Å². The molecular weight excluding hydrogens is 385 g/mol. The standard InChI is InChI=1S/C21H28FN7O/c1-11(2)8-17(12(3)23)27-21-15(22)9-13(19(24)30)20(28-21)26-16-6-5-7-18-14(16)10-25-29(18)4/h5-7,9-12,17H,8,23H2,1-4H3,(H2,24,30)(H2,26,27,28)/t12-,17+/m0/s1. The summed E-state index contributed by atoms with van der Waals surface area (Å²) >= 11 is 0. The molecule has 8 nitrogen and oxygen atoms in total. The summed E-state index contributed by atoms with van der Waals surface area (Å²) in [7, 11) is 1.84. The normalized spacial score (nSPS) is 13.4. The quantitative estimate of drug-likeness (QED) is 0.450. The fourth-order valence-corrected chi connectivity index (χ4v) is 3.38. The van der Waals surface area contributed by atoms with Gasteiger partial charge in [-0.15, -0.1) is 0 Å². The molecule has 2 aromatic heterocycles. The number of anilines is 3. The first-order valence-corrected chi connectivity index (χ1v) is 9.87. The van der Waals surface area contributed by atoms with Gasteiger partial charge in [0.05, 0.1) is 23.0 Å². The number of nitrogens with one attached hydrogen (secondary N) is 2. The molecule has 0 bridgehead atoms. The fraction of sp³-hybridized carbons (Fsp3) is 0.381. The molecule has 1 aromatic carbocycles. The third-order valence-corrected chi connectivity index (χ3v) is 4.97. The highest BCUT2D eigenvalue weighted by Crippen LogP contribution is 2.29. The summed E-state index contributed by atoms with van der Waals surface area (Å²) in [6.07, 6.45) is 2.45. The van der Waals surface area contributed by atoms with E-state index in [0.717, 1.165) is 23.4 Å². The Balaban J connectivity index is 2.02. The number of nitrogens with two attached hydrogens (primary N) is 2. The zero-order valence-corrected chi connectivity index (χ0v) is 17.6. The van der Waals surface area contributed by atoms with E-state index in [0.29, 0.717) is 11.6 Å². The number of pyridine rings is 1. The third-order valence-electron chi connectivity index (χ3n) is 4.97. The molecule has 0 aliphatic rings. The summed E-state index contributed by atoms with van der Waals surface area (Å²) in [6, 6.07) is 6.31. The Kier molecular flexibility index (Phi) is 6.21. The minimum Gasteiger partial charge on any atom is -0.365 e. The first kappa shape index (κ1) is 21.5. The highest BCUT2D eigenvalue weighted by Gasteiger charge is 2.21. The average Bonchev–Trinajstić information content (AvgIpc) is 3.05. The van der Waals surface area contributed by atoms with Gasteiger partial charge in [0.1, 0.15) is 5.82 Å². The van der Waals surface area contributed by atoms with Crippen molar-refractivity contribution < 1.29 is 9.18 Å². The molecule has 6 N–H and O–H groups in total. The molecular formula is C21H28FN7O. The average molecular weight is 414 g/mol. The number of carbonyl (C=O) groups excluding carboxylic acids is 1. The van der Waals surface area contributed by atoms with E-state index in [1.807, 2.05) is 32.2 Å². The minimum absolute atomic E-state index is 0.0174. The van der Waals surface area contributed by atoms with Gasteiger partial charge in [-0.3, -0.25) is 9.48 Å². The van der Waals surface area contributed by atoms with E-state index in [1.54, 1.807) is 10.9 Å². The van der Waals surface area contributed by atoms with Gasteiger partial charge in [0.2, 0.25) is 0 Å². The first-order chi connectivity index (χ1) is 14.2. The van der Waals surface area contributed by atoms with E-state index in [-0.39, 0.29) is 29.3 Å². The lowest BCUT2D eigenvalue weighted by atomic mass is 9.99. The summed E-state index contributed by atoms with van der Waals surface area (Å²) in [5.41, 5.74) is 13.1. The first-order valence-electron chi connectivity index (χ1n) is 9.87. The number of benzene rings is 1. The van der Waals surface area contributed by atoms with E-state index in [2.05, 4.69) is 34.6 Å². The van der Waals surface area contributed by atoms with Crippen molar-refractivity contribution in [2.24, 2.45) is 24.4 Å². The van der Waals surface area contributed by atoms with Crippen molar-refractivity contribution >= 4 is 34.1 Å². The van der Waals surface area contributed by atoms with Crippen LogP contribution in [-0.2, 0) is 7.05 Å². The van der Waals surface area contributed by atoms with Crippen molar-refractivity contribution in [1.29, 1.82) is 0 Å². The molecule has 0 fully saturated rings. The van der Waals surface area contributed by atoms with Gasteiger partial charge in [-0.25, -0.2) is 9.37 Å². The lowest BCUT2D eigenvalue weighted by Gasteiger charge is -2.25. The molecule has 0 saturated heterocycles. The Bertz CT molecular complexity index is 1060. The Morgan fingerprint density at radius 3 is 2.63 bits per heavy atom. The van der Waals surface area contributed by atoms with E-state index >= 15 is 0 Å². The molecule has 3 rings (SSSR count). The number of primary amides is 1. The van der Waals surface area contributed by atoms with E-state index < -0.39 is 11.7 Å². The van der Waals surface area contributed by atoms with Crippen LogP contribution in [0, 0.1) is 11.7 Å². The van der Waals surface area contributed by atoms with Gasteiger partial charge in [0.25, 0.3) is 5.91 Å². The van der Waals surface area contributed by atoms with Gasteiger partial charge in [-0.1, -0.05) is 19.9 Å². The van der Waals surface area contributed by atoms with Crippen LogP contribution in [0.15, 0.2) is 30.5 Å². The largest absolute Gasteiger partial charge is 0.365 e. The second-order valence-corrected chi connectivity index (χ2v) is 7.95. The van der Waals surface area contributed by atoms with Gasteiger partial charge >= 0.3 is 0 Å². The molecule has 0 radical (unpaired) electrons. The predicted octanol–water partition coefficient (Wildman–Crippen LogP) is 3.12. The van der Waals surface area contributed by atoms with Crippen molar-refractivity contribution in [3.05, 3.63) is 41.8 Å². The molecule has 0 aliphatic carbocycles. The van der Waals surface area contributed by atoms with Crippen molar-refractivity contribution in [1.82, 2.24) is 14.8 Å². The maximum atomic E-state index is 14.7. The van der Waals surface area contributed by atoms with Crippen LogP contribution >= 0.6 is 0 Å². The number of carbonyl (C=O) groups is 1. The van der Waals surface area contributed by atoms with Crippen LogP contribution in [-0.4, -0.2) is 32.8 Å². The maximum absolute atomic E-state index is 14.7. The van der Waals surface area contributed by atoms with Gasteiger partial charge in [0.15, 0.2) is 11.6 Å². The van der Waals surface area contributed by atoms with Crippen molar-refractivity contribution in [3.63, 3.8) is 0 Å². The highest BCUT2D eigenvalue weighted by molar-refractivity contribution is 6.00. The van der Waals surface area contributed by atoms with Crippen LogP contribution in [0.4, 0.5) is 21.7 Å². The summed E-state index contributed by atoms with van der Waals surface area (Å²) in [5.74, 6) is -0.898. The number of amides is 1. The van der Waals surface area contributed by atoms with E-state index in [4.69, 9.17) is 11.5 Å². The number of rotatable bonds is 8. The van der Waals surface area contributed by atoms with Crippen LogP contribution in [0.1, 0.15) is 37.6 Å². The Labute approximate surface area is 174 Å². The van der Waals surface area contributed by atoms with Crippen molar-refractivity contribution in [2.75, 3.05) is 10.6 Å². The second kappa shape index (κ2) is 8.66. The lowest BCUT2D eigenvalue weighted by molar-refractivity contribution is 0.100. The lowest BCUT2D eigenvalue weighted by Crippen LogP contribution is -2.39. The number of aryl methyl sites for hydroxylation is 1. The Morgan fingerprint density at radius 1 is 1.27 bits per heavy atom. The van der Waals surface area contributed by atoms with E-state index in [1.165, 1.54) is 0 Å². The fourth-order valence-electron chi connectivity index (χ4n) is 3.38. The Morgan fingerprint density at radius 2 is 2.00 bits per heavy atom. The highest BCUT2D eigenvalue weighted by atomic mass is 19.1. The zero-order chi connectivity index (χ0) is 22.0. The molecule has 2 atom stereocenters. The number of aromatic nitrogens is 3. The maximum Gasteiger partial charge on any atom is 0.252 e. The van der Waals surface area contributed by atoms with Crippen LogP contribution < -0.4 is 22.1 Å².